The largest absolute Gasteiger partial charge is 0.454 e. The number of aromatic amines is 1. The Hall–Kier alpha value is -2.64. The Kier molecular flexibility index (Phi) is 4.05. The molecule has 2 atom stereocenters. The lowest BCUT2D eigenvalue weighted by Gasteiger charge is -2.43. The Labute approximate surface area is 185 Å². The maximum atomic E-state index is 5.95. The second-order valence-corrected chi connectivity index (χ2v) is 9.00. The van der Waals surface area contributed by atoms with Gasteiger partial charge in [0.2, 0.25) is 6.79 Å². The van der Waals surface area contributed by atoms with Gasteiger partial charge in [-0.05, 0) is 29.3 Å². The average molecular weight is 436 g/mol. The van der Waals surface area contributed by atoms with E-state index >= 15 is 0 Å². The summed E-state index contributed by atoms with van der Waals surface area (Å²) in [5.41, 5.74) is 4.80. The Balaban J connectivity index is 1.59. The van der Waals surface area contributed by atoms with Crippen molar-refractivity contribution in [2.45, 2.75) is 24.9 Å². The third-order valence-electron chi connectivity index (χ3n) is 6.45. The molecule has 6 rings (SSSR count). The zero-order valence-electron chi connectivity index (χ0n) is 16.6. The van der Waals surface area contributed by atoms with Crippen LogP contribution < -0.4 is 9.47 Å². The summed E-state index contributed by atoms with van der Waals surface area (Å²) in [6, 6.07) is 14.7. The van der Waals surface area contributed by atoms with E-state index in [1.807, 2.05) is 6.07 Å². The number of rotatable bonds is 1. The molecule has 1 aromatic heterocycles. The molecular formula is C23H21N3O2S2. The van der Waals surface area contributed by atoms with Crippen molar-refractivity contribution in [3.05, 3.63) is 59.3 Å². The van der Waals surface area contributed by atoms with Crippen LogP contribution in [0.1, 0.15) is 29.3 Å². The summed E-state index contributed by atoms with van der Waals surface area (Å²) < 4.78 is 11.2. The van der Waals surface area contributed by atoms with E-state index in [4.69, 9.17) is 33.9 Å². The Morgan fingerprint density at radius 1 is 1.07 bits per heavy atom. The Morgan fingerprint density at radius 3 is 2.80 bits per heavy atom. The number of likely N-dealkylation sites (N-methyl/N-ethyl adjacent to an activating group) is 1. The molecule has 5 nitrogen and oxygen atoms in total. The molecule has 2 aromatic carbocycles. The predicted molar refractivity (Wildman–Crippen MR) is 124 cm³/mol. The van der Waals surface area contributed by atoms with Crippen molar-refractivity contribution in [1.82, 2.24) is 14.8 Å². The van der Waals surface area contributed by atoms with Crippen LogP contribution in [0, 0.1) is 0 Å². The van der Waals surface area contributed by atoms with Crippen molar-refractivity contribution < 1.29 is 9.47 Å². The summed E-state index contributed by atoms with van der Waals surface area (Å²) in [5, 5.41) is 1.26. The number of fused-ring (bicyclic) bond motifs is 5. The van der Waals surface area contributed by atoms with Crippen molar-refractivity contribution in [3.63, 3.8) is 0 Å². The quantitative estimate of drug-likeness (QED) is 0.578. The van der Waals surface area contributed by atoms with Crippen molar-refractivity contribution >= 4 is 45.3 Å². The average Bonchev–Trinajstić information content (AvgIpc) is 3.36. The zero-order valence-corrected chi connectivity index (χ0v) is 18.2. The number of nitrogens with one attached hydrogen (secondary N) is 1. The number of hydrogen-bond donors (Lipinski definition) is 1. The van der Waals surface area contributed by atoms with Crippen LogP contribution in [0.5, 0.6) is 11.5 Å². The van der Waals surface area contributed by atoms with Gasteiger partial charge in [-0.15, -0.1) is 0 Å². The number of benzene rings is 2. The lowest BCUT2D eigenvalue weighted by Crippen LogP contribution is -2.51. The van der Waals surface area contributed by atoms with Crippen LogP contribution in [-0.4, -0.2) is 51.2 Å². The number of nitrogens with zero attached hydrogens (tertiary/aromatic N) is 2. The summed E-state index contributed by atoms with van der Waals surface area (Å²) in [4.78, 5) is 10.2. The van der Waals surface area contributed by atoms with E-state index in [9.17, 15) is 0 Å². The molecule has 7 heteroatoms. The summed E-state index contributed by atoms with van der Waals surface area (Å²) in [7, 11) is 2.08. The molecule has 1 N–H and O–H groups in total. The molecular weight excluding hydrogens is 414 g/mol. The minimum absolute atomic E-state index is 0.0439. The van der Waals surface area contributed by atoms with E-state index in [-0.39, 0.29) is 18.9 Å². The maximum absolute atomic E-state index is 5.95. The van der Waals surface area contributed by atoms with Crippen LogP contribution in [-0.2, 0) is 6.42 Å². The Bertz CT molecular complexity index is 1200. The van der Waals surface area contributed by atoms with Gasteiger partial charge in [0.25, 0.3) is 0 Å². The number of hydrogen-bond acceptors (Lipinski definition) is 4. The predicted octanol–water partition coefficient (Wildman–Crippen LogP) is 4.20. The molecule has 0 aliphatic carbocycles. The monoisotopic (exact) mass is 435 g/mol. The van der Waals surface area contributed by atoms with Crippen molar-refractivity contribution in [3.8, 4) is 11.5 Å². The highest BCUT2D eigenvalue weighted by Gasteiger charge is 2.43. The highest BCUT2D eigenvalue weighted by atomic mass is 32.1. The molecule has 1 fully saturated rings. The molecule has 0 saturated carbocycles. The maximum Gasteiger partial charge on any atom is 0.231 e. The van der Waals surface area contributed by atoms with Gasteiger partial charge in [-0.3, -0.25) is 0 Å². The molecule has 3 aromatic rings. The molecule has 0 unspecified atom stereocenters. The standard InChI is InChI=1S/C23H21N3O2S2/c1-25-9-8-20(29)26-17(23(25)30)11-15-14-4-2-3-5-16(14)24-21(15)22(26)13-6-7-18-19(10-13)28-12-27-18/h2-7,10,17,22,24H,8-9,11-12H2,1H3/t17-,22-/m1/s1. The van der Waals surface area contributed by atoms with Gasteiger partial charge in [0.05, 0.1) is 17.1 Å². The molecule has 30 heavy (non-hydrogen) atoms. The summed E-state index contributed by atoms with van der Waals surface area (Å²) in [6.45, 7) is 1.12. The summed E-state index contributed by atoms with van der Waals surface area (Å²) in [6.07, 6.45) is 1.67. The number of ether oxygens (including phenoxy) is 2. The minimum Gasteiger partial charge on any atom is -0.454 e. The normalized spacial score (nSPS) is 22.8. The minimum atomic E-state index is -0.0439. The number of para-hydroxylation sites is 1. The highest BCUT2D eigenvalue weighted by Crippen LogP contribution is 2.45. The van der Waals surface area contributed by atoms with Gasteiger partial charge in [-0.2, -0.15) is 0 Å². The topological polar surface area (TPSA) is 40.7 Å². The van der Waals surface area contributed by atoms with Crippen LogP contribution in [0.3, 0.4) is 0 Å². The molecule has 1 saturated heterocycles. The van der Waals surface area contributed by atoms with Crippen LogP contribution in [0.15, 0.2) is 42.5 Å². The van der Waals surface area contributed by atoms with Crippen LogP contribution >= 0.6 is 24.4 Å². The number of aromatic nitrogens is 1. The van der Waals surface area contributed by atoms with Crippen molar-refractivity contribution in [1.29, 1.82) is 0 Å². The van der Waals surface area contributed by atoms with Gasteiger partial charge < -0.3 is 24.3 Å². The first-order valence-electron chi connectivity index (χ1n) is 10.2. The fraction of sp³-hybridized carbons (Fsp3) is 0.304. The van der Waals surface area contributed by atoms with E-state index in [0.29, 0.717) is 0 Å². The lowest BCUT2D eigenvalue weighted by molar-refractivity contribution is 0.174. The zero-order chi connectivity index (χ0) is 20.4. The van der Waals surface area contributed by atoms with E-state index in [1.165, 1.54) is 16.6 Å². The van der Waals surface area contributed by atoms with Gasteiger partial charge in [-0.25, -0.2) is 0 Å². The van der Waals surface area contributed by atoms with E-state index < -0.39 is 0 Å². The Morgan fingerprint density at radius 2 is 1.90 bits per heavy atom. The summed E-state index contributed by atoms with van der Waals surface area (Å²) >= 11 is 11.9. The van der Waals surface area contributed by atoms with Gasteiger partial charge >= 0.3 is 0 Å². The molecule has 0 bridgehead atoms. The number of thiocarbonyl (C=S) groups is 2. The first kappa shape index (κ1) is 18.2. The number of H-pyrrole nitrogens is 1. The summed E-state index contributed by atoms with van der Waals surface area (Å²) in [5.74, 6) is 1.57. The van der Waals surface area contributed by atoms with Gasteiger partial charge in [0.15, 0.2) is 11.5 Å². The van der Waals surface area contributed by atoms with Crippen LogP contribution in [0.4, 0.5) is 0 Å². The van der Waals surface area contributed by atoms with Crippen LogP contribution in [0.2, 0.25) is 0 Å². The van der Waals surface area contributed by atoms with E-state index in [0.717, 1.165) is 51.9 Å². The van der Waals surface area contributed by atoms with Crippen molar-refractivity contribution in [2.24, 2.45) is 0 Å². The first-order chi connectivity index (χ1) is 14.6. The van der Waals surface area contributed by atoms with Gasteiger partial charge in [0, 0.05) is 43.0 Å². The SMILES string of the molecule is CN1CCC(=S)N2[C@H](c3ccc4c(c3)OCO4)c3[nH]c4ccccc4c3C[C@@H]2C1=S. The fourth-order valence-electron chi connectivity index (χ4n) is 4.98. The lowest BCUT2D eigenvalue weighted by atomic mass is 9.87. The van der Waals surface area contributed by atoms with Crippen LogP contribution in [0.25, 0.3) is 10.9 Å². The fourth-order valence-corrected chi connectivity index (χ4v) is 5.59. The molecule has 4 heterocycles. The highest BCUT2D eigenvalue weighted by molar-refractivity contribution is 7.80. The van der Waals surface area contributed by atoms with E-state index in [2.05, 4.69) is 58.2 Å². The second-order valence-electron chi connectivity index (χ2n) is 8.11. The second kappa shape index (κ2) is 6.68. The van der Waals surface area contributed by atoms with Crippen molar-refractivity contribution in [2.75, 3.05) is 20.4 Å². The van der Waals surface area contributed by atoms with E-state index in [1.54, 1.807) is 0 Å². The third-order valence-corrected chi connectivity index (χ3v) is 7.45. The molecule has 3 aliphatic rings. The van der Waals surface area contributed by atoms with Gasteiger partial charge in [-0.1, -0.05) is 48.7 Å². The molecule has 152 valence electrons. The molecule has 0 amide bonds. The molecule has 3 aliphatic heterocycles. The molecule has 0 radical (unpaired) electrons. The first-order valence-corrected chi connectivity index (χ1v) is 11.0. The molecule has 0 spiro atoms. The van der Waals surface area contributed by atoms with Gasteiger partial charge in [0.1, 0.15) is 4.99 Å². The third kappa shape index (κ3) is 2.58. The smallest absolute Gasteiger partial charge is 0.231 e.